The lowest BCUT2D eigenvalue weighted by Crippen LogP contribution is -1.87. The Balaban J connectivity index is 1.96. The van der Waals surface area contributed by atoms with Gasteiger partial charge in [-0.3, -0.25) is 0 Å². The van der Waals surface area contributed by atoms with Gasteiger partial charge in [-0.15, -0.1) is 0 Å². The fraction of sp³-hybridized carbons (Fsp3) is 0.118. The zero-order valence-corrected chi connectivity index (χ0v) is 11.1. The zero-order chi connectivity index (χ0) is 13.9. The standard InChI is InChI=1S/C17H14FNO/c1-2-12-8-9-14(10-15(12)18)17-11-16(19-20-17)13-6-4-3-5-7-13/h3-11H,2H2,1H3. The van der Waals surface area contributed by atoms with E-state index in [0.29, 0.717) is 23.3 Å². The zero-order valence-electron chi connectivity index (χ0n) is 11.1. The van der Waals surface area contributed by atoms with Crippen LogP contribution in [0.5, 0.6) is 0 Å². The molecular formula is C17H14FNO. The second kappa shape index (κ2) is 5.29. The van der Waals surface area contributed by atoms with Gasteiger partial charge in [-0.2, -0.15) is 0 Å². The second-order valence-corrected chi connectivity index (χ2v) is 4.60. The van der Waals surface area contributed by atoms with E-state index in [1.165, 1.54) is 6.07 Å². The summed E-state index contributed by atoms with van der Waals surface area (Å²) in [6.07, 6.45) is 0.678. The van der Waals surface area contributed by atoms with Crippen molar-refractivity contribution in [2.24, 2.45) is 0 Å². The van der Waals surface area contributed by atoms with Gasteiger partial charge in [0.2, 0.25) is 0 Å². The fourth-order valence-corrected chi connectivity index (χ4v) is 2.14. The Morgan fingerprint density at radius 1 is 1.00 bits per heavy atom. The average Bonchev–Trinajstić information content (AvgIpc) is 2.98. The number of aryl methyl sites for hydroxylation is 1. The second-order valence-electron chi connectivity index (χ2n) is 4.60. The summed E-state index contributed by atoms with van der Waals surface area (Å²) in [5.74, 6) is 0.369. The van der Waals surface area contributed by atoms with Gasteiger partial charge in [-0.05, 0) is 18.1 Å². The maximum Gasteiger partial charge on any atom is 0.167 e. The number of halogens is 1. The van der Waals surface area contributed by atoms with Crippen molar-refractivity contribution in [3.63, 3.8) is 0 Å². The van der Waals surface area contributed by atoms with E-state index < -0.39 is 0 Å². The Labute approximate surface area is 116 Å². The summed E-state index contributed by atoms with van der Waals surface area (Å²) in [5.41, 5.74) is 3.14. The SMILES string of the molecule is CCc1ccc(-c2cc(-c3ccccc3)no2)cc1F. The highest BCUT2D eigenvalue weighted by Gasteiger charge is 2.10. The average molecular weight is 267 g/mol. The molecule has 0 saturated heterocycles. The maximum atomic E-state index is 13.8. The lowest BCUT2D eigenvalue weighted by Gasteiger charge is -2.01. The van der Waals surface area contributed by atoms with E-state index in [9.17, 15) is 4.39 Å². The maximum absolute atomic E-state index is 13.8. The Kier molecular flexibility index (Phi) is 3.33. The minimum absolute atomic E-state index is 0.206. The topological polar surface area (TPSA) is 26.0 Å². The monoisotopic (exact) mass is 267 g/mol. The number of nitrogens with zero attached hydrogens (tertiary/aromatic N) is 1. The van der Waals surface area contributed by atoms with Gasteiger partial charge < -0.3 is 4.52 Å². The molecule has 0 bridgehead atoms. The third-order valence-electron chi connectivity index (χ3n) is 3.30. The van der Waals surface area contributed by atoms with E-state index in [2.05, 4.69) is 5.16 Å². The van der Waals surface area contributed by atoms with E-state index in [1.54, 1.807) is 6.07 Å². The summed E-state index contributed by atoms with van der Waals surface area (Å²) in [7, 11) is 0. The molecule has 2 aromatic carbocycles. The molecule has 0 amide bonds. The molecule has 1 heterocycles. The molecule has 0 unspecified atom stereocenters. The highest BCUT2D eigenvalue weighted by Crippen LogP contribution is 2.27. The molecule has 1 aromatic heterocycles. The third-order valence-corrected chi connectivity index (χ3v) is 3.30. The van der Waals surface area contributed by atoms with Gasteiger partial charge >= 0.3 is 0 Å². The lowest BCUT2D eigenvalue weighted by atomic mass is 10.1. The van der Waals surface area contributed by atoms with Gasteiger partial charge in [-0.25, -0.2) is 4.39 Å². The van der Waals surface area contributed by atoms with Gasteiger partial charge in [0.1, 0.15) is 11.5 Å². The van der Waals surface area contributed by atoms with E-state index in [1.807, 2.05) is 49.4 Å². The van der Waals surface area contributed by atoms with Crippen LogP contribution in [0.3, 0.4) is 0 Å². The summed E-state index contributed by atoms with van der Waals surface area (Å²) < 4.78 is 19.1. The first-order valence-electron chi connectivity index (χ1n) is 6.59. The first-order chi connectivity index (χ1) is 9.78. The van der Waals surface area contributed by atoms with Crippen molar-refractivity contribution >= 4 is 0 Å². The lowest BCUT2D eigenvalue weighted by molar-refractivity contribution is 0.434. The summed E-state index contributed by atoms with van der Waals surface area (Å²) in [6.45, 7) is 1.93. The van der Waals surface area contributed by atoms with Crippen molar-refractivity contribution in [2.75, 3.05) is 0 Å². The fourth-order valence-electron chi connectivity index (χ4n) is 2.14. The number of rotatable bonds is 3. The van der Waals surface area contributed by atoms with Crippen molar-refractivity contribution in [1.29, 1.82) is 0 Å². The summed E-state index contributed by atoms with van der Waals surface area (Å²) in [6, 6.07) is 16.7. The molecule has 2 nitrogen and oxygen atoms in total. The van der Waals surface area contributed by atoms with Crippen LogP contribution >= 0.6 is 0 Å². The molecule has 0 radical (unpaired) electrons. The molecule has 0 aliphatic heterocycles. The molecule has 0 saturated carbocycles. The first-order valence-corrected chi connectivity index (χ1v) is 6.59. The first kappa shape index (κ1) is 12.6. The van der Waals surface area contributed by atoms with Crippen molar-refractivity contribution in [3.8, 4) is 22.6 Å². The van der Waals surface area contributed by atoms with Gasteiger partial charge in [0, 0.05) is 17.2 Å². The smallest absolute Gasteiger partial charge is 0.167 e. The van der Waals surface area contributed by atoms with Crippen LogP contribution in [0.25, 0.3) is 22.6 Å². The third kappa shape index (κ3) is 2.35. The summed E-state index contributed by atoms with van der Waals surface area (Å²) in [4.78, 5) is 0. The van der Waals surface area contributed by atoms with E-state index >= 15 is 0 Å². The molecule has 0 N–H and O–H groups in total. The predicted octanol–water partition coefficient (Wildman–Crippen LogP) is 4.71. The van der Waals surface area contributed by atoms with E-state index in [0.717, 1.165) is 11.3 Å². The number of aromatic nitrogens is 1. The molecule has 0 spiro atoms. The highest BCUT2D eigenvalue weighted by molar-refractivity contribution is 5.66. The van der Waals surface area contributed by atoms with Gasteiger partial charge in [0.15, 0.2) is 5.76 Å². The minimum Gasteiger partial charge on any atom is -0.356 e. The van der Waals surface area contributed by atoms with E-state index in [-0.39, 0.29) is 5.82 Å². The Bertz CT molecular complexity index is 719. The molecular weight excluding hydrogens is 253 g/mol. The van der Waals surface area contributed by atoms with Crippen LogP contribution in [0.1, 0.15) is 12.5 Å². The molecule has 3 aromatic rings. The van der Waals surface area contributed by atoms with Crippen molar-refractivity contribution in [2.45, 2.75) is 13.3 Å². The molecule has 0 aliphatic carbocycles. The number of hydrogen-bond acceptors (Lipinski definition) is 2. The van der Waals surface area contributed by atoms with Crippen LogP contribution in [-0.4, -0.2) is 5.16 Å². The van der Waals surface area contributed by atoms with Gasteiger partial charge in [0.05, 0.1) is 0 Å². The summed E-state index contributed by atoms with van der Waals surface area (Å²) >= 11 is 0. The summed E-state index contributed by atoms with van der Waals surface area (Å²) in [5, 5.41) is 4.04. The highest BCUT2D eigenvalue weighted by atomic mass is 19.1. The van der Waals surface area contributed by atoms with Gasteiger partial charge in [-0.1, -0.05) is 54.5 Å². The van der Waals surface area contributed by atoms with E-state index in [4.69, 9.17) is 4.52 Å². The minimum atomic E-state index is -0.206. The molecule has 3 heteroatoms. The molecule has 0 aliphatic rings. The normalized spacial score (nSPS) is 10.7. The van der Waals surface area contributed by atoms with Crippen LogP contribution in [0.4, 0.5) is 4.39 Å². The van der Waals surface area contributed by atoms with Crippen LogP contribution in [0, 0.1) is 5.82 Å². The molecule has 0 atom stereocenters. The Hall–Kier alpha value is -2.42. The van der Waals surface area contributed by atoms with Gasteiger partial charge in [0.25, 0.3) is 0 Å². The molecule has 100 valence electrons. The Morgan fingerprint density at radius 3 is 2.50 bits per heavy atom. The van der Waals surface area contributed by atoms with Crippen LogP contribution in [-0.2, 0) is 6.42 Å². The molecule has 0 fully saturated rings. The molecule has 3 rings (SSSR count). The number of hydrogen-bond donors (Lipinski definition) is 0. The quantitative estimate of drug-likeness (QED) is 0.686. The largest absolute Gasteiger partial charge is 0.356 e. The number of benzene rings is 2. The Morgan fingerprint density at radius 2 is 1.80 bits per heavy atom. The van der Waals surface area contributed by atoms with Crippen LogP contribution < -0.4 is 0 Å². The van der Waals surface area contributed by atoms with Crippen molar-refractivity contribution < 1.29 is 8.91 Å². The van der Waals surface area contributed by atoms with Crippen LogP contribution in [0.15, 0.2) is 59.1 Å². The van der Waals surface area contributed by atoms with Crippen molar-refractivity contribution in [3.05, 3.63) is 66.0 Å². The van der Waals surface area contributed by atoms with Crippen LogP contribution in [0.2, 0.25) is 0 Å². The predicted molar refractivity (Wildman–Crippen MR) is 76.7 cm³/mol. The van der Waals surface area contributed by atoms with Crippen molar-refractivity contribution in [1.82, 2.24) is 5.16 Å². The molecule has 20 heavy (non-hydrogen) atoms.